The summed E-state index contributed by atoms with van der Waals surface area (Å²) in [6, 6.07) is 3.93. The van der Waals surface area contributed by atoms with Crippen LogP contribution in [0.25, 0.3) is 6.08 Å². The first-order chi connectivity index (χ1) is 6.65. The lowest BCUT2D eigenvalue weighted by molar-refractivity contribution is 0.578. The van der Waals surface area contributed by atoms with E-state index in [-0.39, 0.29) is 11.6 Å². The van der Waals surface area contributed by atoms with E-state index in [1.54, 1.807) is 13.1 Å². The average Bonchev–Trinajstić information content (AvgIpc) is 2.16. The van der Waals surface area contributed by atoms with Crippen molar-refractivity contribution in [1.29, 1.82) is 0 Å². The molecule has 14 heavy (non-hydrogen) atoms. The summed E-state index contributed by atoms with van der Waals surface area (Å²) in [6.45, 7) is 1.90. The summed E-state index contributed by atoms with van der Waals surface area (Å²) < 4.78 is 26.2. The molecule has 1 unspecified atom stereocenters. The maximum absolute atomic E-state index is 13.1. The van der Waals surface area contributed by atoms with Crippen molar-refractivity contribution in [2.75, 3.05) is 7.05 Å². The van der Waals surface area contributed by atoms with E-state index in [2.05, 4.69) is 5.32 Å². The minimum Gasteiger partial charge on any atom is -0.314 e. The maximum atomic E-state index is 13.1. The molecule has 1 aromatic carbocycles. The molecule has 1 rings (SSSR count). The lowest BCUT2D eigenvalue weighted by Crippen LogP contribution is -2.17. The minimum absolute atomic E-state index is 0.00889. The molecule has 1 nitrogen and oxygen atoms in total. The van der Waals surface area contributed by atoms with Crippen molar-refractivity contribution in [1.82, 2.24) is 5.32 Å². The highest BCUT2D eigenvalue weighted by Gasteiger charge is 2.04. The first-order valence-electron chi connectivity index (χ1n) is 4.44. The molecule has 1 aromatic rings. The Bertz CT molecular complexity index is 314. The van der Waals surface area contributed by atoms with Crippen LogP contribution in [0.2, 0.25) is 0 Å². The molecule has 0 aromatic heterocycles. The highest BCUT2D eigenvalue weighted by Crippen LogP contribution is 2.13. The highest BCUT2D eigenvalue weighted by molar-refractivity contribution is 5.51. The second kappa shape index (κ2) is 4.86. The van der Waals surface area contributed by atoms with Gasteiger partial charge in [0.1, 0.15) is 11.6 Å². The van der Waals surface area contributed by atoms with Gasteiger partial charge >= 0.3 is 0 Å². The predicted molar refractivity (Wildman–Crippen MR) is 53.9 cm³/mol. The Balaban J connectivity index is 2.91. The molecule has 0 radical (unpaired) electrons. The van der Waals surface area contributed by atoms with Gasteiger partial charge in [-0.2, -0.15) is 0 Å². The van der Waals surface area contributed by atoms with Gasteiger partial charge < -0.3 is 5.32 Å². The Hall–Kier alpha value is -1.22. The molecule has 0 aliphatic carbocycles. The lowest BCUT2D eigenvalue weighted by atomic mass is 10.1. The fourth-order valence-corrected chi connectivity index (χ4v) is 1.01. The Kier molecular flexibility index (Phi) is 3.77. The first-order valence-corrected chi connectivity index (χ1v) is 4.44. The summed E-state index contributed by atoms with van der Waals surface area (Å²) in [5.74, 6) is -1.07. The Morgan fingerprint density at radius 2 is 1.86 bits per heavy atom. The minimum atomic E-state index is -0.537. The summed E-state index contributed by atoms with van der Waals surface area (Å²) in [5, 5.41) is 2.94. The number of hydrogen-bond donors (Lipinski definition) is 1. The summed E-state index contributed by atoms with van der Waals surface area (Å²) in [5.41, 5.74) is 0.00889. The second-order valence-electron chi connectivity index (χ2n) is 3.07. The molecule has 76 valence electrons. The van der Waals surface area contributed by atoms with Crippen LogP contribution in [0.4, 0.5) is 8.78 Å². The van der Waals surface area contributed by atoms with Gasteiger partial charge in [-0.15, -0.1) is 0 Å². The van der Waals surface area contributed by atoms with E-state index in [4.69, 9.17) is 0 Å². The molecule has 3 heteroatoms. The van der Waals surface area contributed by atoms with Crippen molar-refractivity contribution in [3.05, 3.63) is 41.5 Å². The fourth-order valence-electron chi connectivity index (χ4n) is 1.01. The first kappa shape index (κ1) is 10.9. The second-order valence-corrected chi connectivity index (χ2v) is 3.07. The average molecular weight is 197 g/mol. The molecule has 1 N–H and O–H groups in total. The number of rotatable bonds is 3. The molecule has 0 fully saturated rings. The summed E-state index contributed by atoms with van der Waals surface area (Å²) >= 11 is 0. The zero-order valence-corrected chi connectivity index (χ0v) is 8.22. The smallest absolute Gasteiger partial charge is 0.133 e. The van der Waals surface area contributed by atoms with Gasteiger partial charge in [0.2, 0.25) is 0 Å². The third-order valence-corrected chi connectivity index (χ3v) is 2.01. The van der Waals surface area contributed by atoms with Gasteiger partial charge in [-0.05, 0) is 26.1 Å². The summed E-state index contributed by atoms with van der Waals surface area (Å²) in [7, 11) is 1.78. The number of nitrogens with one attached hydrogen (secondary N) is 1. The molecule has 0 spiro atoms. The van der Waals surface area contributed by atoms with Crippen molar-refractivity contribution < 1.29 is 8.78 Å². The summed E-state index contributed by atoms with van der Waals surface area (Å²) in [4.78, 5) is 0. The van der Waals surface area contributed by atoms with Crippen LogP contribution in [0, 0.1) is 11.6 Å². The van der Waals surface area contributed by atoms with Crippen LogP contribution in [0.3, 0.4) is 0 Å². The van der Waals surface area contributed by atoms with Crippen LogP contribution in [0.15, 0.2) is 24.3 Å². The van der Waals surface area contributed by atoms with Crippen molar-refractivity contribution in [3.63, 3.8) is 0 Å². The number of halogens is 2. The van der Waals surface area contributed by atoms with E-state index in [1.165, 1.54) is 24.3 Å². The van der Waals surface area contributed by atoms with Crippen LogP contribution < -0.4 is 5.32 Å². The largest absolute Gasteiger partial charge is 0.314 e. The van der Waals surface area contributed by atoms with Gasteiger partial charge in [0.15, 0.2) is 0 Å². The molecule has 0 amide bonds. The predicted octanol–water partition coefficient (Wildman–Crippen LogP) is 2.59. The molecular weight excluding hydrogens is 184 g/mol. The zero-order chi connectivity index (χ0) is 10.6. The van der Waals surface area contributed by atoms with E-state index in [0.29, 0.717) is 0 Å². The highest BCUT2D eigenvalue weighted by atomic mass is 19.1. The van der Waals surface area contributed by atoms with Crippen molar-refractivity contribution >= 4 is 6.08 Å². The summed E-state index contributed by atoms with van der Waals surface area (Å²) in [6.07, 6.45) is 3.16. The molecule has 0 bridgehead atoms. The zero-order valence-electron chi connectivity index (χ0n) is 8.22. The Labute approximate surface area is 82.4 Å². The van der Waals surface area contributed by atoms with E-state index >= 15 is 0 Å². The standard InChI is InChI=1S/C11H13F2N/c1-8(14-2)6-7-9-10(12)4-3-5-11(9)13/h3-8,14H,1-2H3/b7-6+. The molecule has 0 aliphatic heterocycles. The topological polar surface area (TPSA) is 12.0 Å². The molecule has 0 saturated carbocycles. The van der Waals surface area contributed by atoms with E-state index in [0.717, 1.165) is 0 Å². The van der Waals surface area contributed by atoms with Gasteiger partial charge in [0.05, 0.1) is 0 Å². The normalized spacial score (nSPS) is 13.4. The van der Waals surface area contributed by atoms with Crippen LogP contribution >= 0.6 is 0 Å². The van der Waals surface area contributed by atoms with Crippen LogP contribution in [0.1, 0.15) is 12.5 Å². The SMILES string of the molecule is CNC(C)/C=C/c1c(F)cccc1F. The number of benzene rings is 1. The van der Waals surface area contributed by atoms with Gasteiger partial charge in [-0.1, -0.05) is 18.2 Å². The van der Waals surface area contributed by atoms with Crippen LogP contribution in [0.5, 0.6) is 0 Å². The van der Waals surface area contributed by atoms with Crippen molar-refractivity contribution in [3.8, 4) is 0 Å². The molecule has 0 saturated heterocycles. The van der Waals surface area contributed by atoms with Crippen LogP contribution in [-0.4, -0.2) is 13.1 Å². The molecule has 0 aliphatic rings. The van der Waals surface area contributed by atoms with E-state index < -0.39 is 11.6 Å². The van der Waals surface area contributed by atoms with E-state index in [1.807, 2.05) is 6.92 Å². The molecule has 1 atom stereocenters. The molecular formula is C11H13F2N. The lowest BCUT2D eigenvalue weighted by Gasteiger charge is -2.03. The Morgan fingerprint density at radius 3 is 2.36 bits per heavy atom. The number of likely N-dealkylation sites (N-methyl/N-ethyl adjacent to an activating group) is 1. The van der Waals surface area contributed by atoms with Gasteiger partial charge in [-0.3, -0.25) is 0 Å². The molecule has 0 heterocycles. The van der Waals surface area contributed by atoms with E-state index in [9.17, 15) is 8.78 Å². The third kappa shape index (κ3) is 2.64. The number of hydrogen-bond acceptors (Lipinski definition) is 1. The third-order valence-electron chi connectivity index (χ3n) is 2.01. The van der Waals surface area contributed by atoms with Crippen molar-refractivity contribution in [2.45, 2.75) is 13.0 Å². The van der Waals surface area contributed by atoms with Gasteiger partial charge in [0, 0.05) is 11.6 Å². The fraction of sp³-hybridized carbons (Fsp3) is 0.273. The van der Waals surface area contributed by atoms with Gasteiger partial charge in [-0.25, -0.2) is 8.78 Å². The monoisotopic (exact) mass is 197 g/mol. The Morgan fingerprint density at radius 1 is 1.29 bits per heavy atom. The van der Waals surface area contributed by atoms with Crippen LogP contribution in [-0.2, 0) is 0 Å². The maximum Gasteiger partial charge on any atom is 0.133 e. The van der Waals surface area contributed by atoms with Gasteiger partial charge in [0.25, 0.3) is 0 Å². The van der Waals surface area contributed by atoms with Crippen molar-refractivity contribution in [2.24, 2.45) is 0 Å². The quantitative estimate of drug-likeness (QED) is 0.785.